The van der Waals surface area contributed by atoms with Crippen molar-refractivity contribution >= 4 is 27.5 Å². The predicted molar refractivity (Wildman–Crippen MR) is 125 cm³/mol. The molecule has 1 heterocycles. The highest BCUT2D eigenvalue weighted by Gasteiger charge is 2.34. The lowest BCUT2D eigenvalue weighted by Crippen LogP contribution is -2.47. The van der Waals surface area contributed by atoms with Crippen molar-refractivity contribution in [2.45, 2.75) is 56.4 Å². The quantitative estimate of drug-likeness (QED) is 0.653. The van der Waals surface area contributed by atoms with Crippen molar-refractivity contribution in [3.63, 3.8) is 0 Å². The molecule has 168 valence electrons. The first-order chi connectivity index (χ1) is 14.6. The van der Waals surface area contributed by atoms with Crippen molar-refractivity contribution < 1.29 is 13.2 Å². The van der Waals surface area contributed by atoms with Gasteiger partial charge in [0.25, 0.3) is 0 Å². The van der Waals surface area contributed by atoms with Crippen LogP contribution in [0, 0.1) is 5.92 Å². The molecule has 1 N–H and O–H groups in total. The predicted octanol–water partition coefficient (Wildman–Crippen LogP) is 4.61. The minimum atomic E-state index is -3.64. The van der Waals surface area contributed by atoms with E-state index < -0.39 is 10.0 Å². The van der Waals surface area contributed by atoms with Crippen LogP contribution in [-0.4, -0.2) is 37.8 Å². The highest BCUT2D eigenvalue weighted by atomic mass is 35.5. The van der Waals surface area contributed by atoms with Crippen molar-refractivity contribution in [3.05, 3.63) is 65.2 Å². The van der Waals surface area contributed by atoms with Crippen LogP contribution in [0.25, 0.3) is 0 Å². The number of carbonyl (C=O) groups is 1. The largest absolute Gasteiger partial charge is 0.353 e. The molecule has 31 heavy (non-hydrogen) atoms. The maximum absolute atomic E-state index is 13.0. The van der Waals surface area contributed by atoms with Crippen LogP contribution in [0.1, 0.15) is 45.6 Å². The summed E-state index contributed by atoms with van der Waals surface area (Å²) in [5.74, 6) is -0.425. The number of hydrogen-bond acceptors (Lipinski definition) is 3. The molecule has 0 aliphatic carbocycles. The van der Waals surface area contributed by atoms with E-state index in [1.165, 1.54) is 22.0 Å². The van der Waals surface area contributed by atoms with Gasteiger partial charge in [-0.1, -0.05) is 55.8 Å². The van der Waals surface area contributed by atoms with Gasteiger partial charge in [0, 0.05) is 24.2 Å². The van der Waals surface area contributed by atoms with Gasteiger partial charge in [-0.25, -0.2) is 8.42 Å². The monoisotopic (exact) mass is 462 g/mol. The molecule has 0 radical (unpaired) electrons. The summed E-state index contributed by atoms with van der Waals surface area (Å²) >= 11 is 5.88. The van der Waals surface area contributed by atoms with Gasteiger partial charge in [0.1, 0.15) is 0 Å². The zero-order valence-electron chi connectivity index (χ0n) is 18.3. The molecule has 3 rings (SSSR count). The summed E-state index contributed by atoms with van der Waals surface area (Å²) in [5.41, 5.74) is 1.15. The third kappa shape index (κ3) is 5.88. The number of amides is 1. The summed E-state index contributed by atoms with van der Waals surface area (Å²) in [6.07, 6.45) is 2.14. The van der Waals surface area contributed by atoms with E-state index in [2.05, 4.69) is 31.3 Å². The van der Waals surface area contributed by atoms with E-state index in [-0.39, 0.29) is 34.7 Å². The van der Waals surface area contributed by atoms with Gasteiger partial charge < -0.3 is 5.32 Å². The molecule has 2 atom stereocenters. The smallest absolute Gasteiger partial charge is 0.243 e. The van der Waals surface area contributed by atoms with Gasteiger partial charge >= 0.3 is 0 Å². The Balaban J connectivity index is 1.62. The number of carbonyl (C=O) groups excluding carboxylic acids is 1. The zero-order valence-corrected chi connectivity index (χ0v) is 19.9. The molecular weight excluding hydrogens is 432 g/mol. The molecular formula is C24H31ClN2O3S. The van der Waals surface area contributed by atoms with Gasteiger partial charge in [0.15, 0.2) is 0 Å². The lowest BCUT2D eigenvalue weighted by molar-refractivity contribution is -0.126. The fourth-order valence-corrected chi connectivity index (χ4v) is 5.96. The van der Waals surface area contributed by atoms with E-state index in [1.54, 1.807) is 12.1 Å². The first-order valence-electron chi connectivity index (χ1n) is 10.7. The fourth-order valence-electron chi connectivity index (χ4n) is 4.31. The molecule has 0 unspecified atom stereocenters. The molecule has 1 amide bonds. The highest BCUT2D eigenvalue weighted by Crippen LogP contribution is 2.29. The summed E-state index contributed by atoms with van der Waals surface area (Å²) in [5, 5.41) is 3.61. The number of rotatable bonds is 7. The molecule has 0 saturated carbocycles. The van der Waals surface area contributed by atoms with Crippen molar-refractivity contribution in [1.82, 2.24) is 9.62 Å². The Morgan fingerprint density at radius 1 is 1.16 bits per heavy atom. The van der Waals surface area contributed by atoms with Crippen LogP contribution in [0.5, 0.6) is 0 Å². The van der Waals surface area contributed by atoms with Gasteiger partial charge in [-0.2, -0.15) is 4.31 Å². The number of hydrogen-bond donors (Lipinski definition) is 1. The standard InChI is InChI=1S/C24H31ClN2O3S/c1-18(16-24(2,3)20-9-5-4-6-10-20)26-23(28)19-8-7-15-27(17-19)31(29,30)22-13-11-21(25)12-14-22/h4-6,9-14,18-19H,7-8,15-17H2,1-3H3,(H,26,28)/t18-,19-/m0/s1. The van der Waals surface area contributed by atoms with Crippen LogP contribution >= 0.6 is 11.6 Å². The van der Waals surface area contributed by atoms with Crippen molar-refractivity contribution in [3.8, 4) is 0 Å². The summed E-state index contributed by atoms with van der Waals surface area (Å²) in [4.78, 5) is 13.1. The fraction of sp³-hybridized carbons (Fsp3) is 0.458. The van der Waals surface area contributed by atoms with Gasteiger partial charge in [0.05, 0.1) is 10.8 Å². The average Bonchev–Trinajstić information content (AvgIpc) is 2.74. The molecule has 0 aromatic heterocycles. The molecule has 1 fully saturated rings. The van der Waals surface area contributed by atoms with E-state index in [1.807, 2.05) is 25.1 Å². The SMILES string of the molecule is C[C@@H](CC(C)(C)c1ccccc1)NC(=O)[C@H]1CCCN(S(=O)(=O)c2ccc(Cl)cc2)C1. The second-order valence-electron chi connectivity index (χ2n) is 9.02. The maximum Gasteiger partial charge on any atom is 0.243 e. The van der Waals surface area contributed by atoms with Crippen molar-refractivity contribution in [2.24, 2.45) is 5.92 Å². The molecule has 1 aliphatic heterocycles. The van der Waals surface area contributed by atoms with Crippen LogP contribution in [0.4, 0.5) is 0 Å². The lowest BCUT2D eigenvalue weighted by Gasteiger charge is -2.33. The van der Waals surface area contributed by atoms with Crippen LogP contribution in [0.3, 0.4) is 0 Å². The van der Waals surface area contributed by atoms with E-state index >= 15 is 0 Å². The van der Waals surface area contributed by atoms with Gasteiger partial charge in [-0.3, -0.25) is 4.79 Å². The molecule has 1 saturated heterocycles. The number of nitrogens with zero attached hydrogens (tertiary/aromatic N) is 1. The Bertz CT molecular complexity index is 991. The first-order valence-corrected chi connectivity index (χ1v) is 12.5. The number of nitrogens with one attached hydrogen (secondary N) is 1. The normalized spacial score (nSPS) is 19.0. The number of piperidine rings is 1. The van der Waals surface area contributed by atoms with E-state index in [0.29, 0.717) is 24.4 Å². The molecule has 5 nitrogen and oxygen atoms in total. The van der Waals surface area contributed by atoms with Gasteiger partial charge in [-0.05, 0) is 61.4 Å². The Labute approximate surface area is 190 Å². The molecule has 2 aromatic carbocycles. The number of benzene rings is 2. The summed E-state index contributed by atoms with van der Waals surface area (Å²) in [7, 11) is -3.64. The minimum Gasteiger partial charge on any atom is -0.353 e. The first kappa shape index (κ1) is 23.8. The second-order valence-corrected chi connectivity index (χ2v) is 11.4. The molecule has 7 heteroatoms. The molecule has 0 bridgehead atoms. The number of halogens is 1. The van der Waals surface area contributed by atoms with Crippen LogP contribution in [0.2, 0.25) is 5.02 Å². The van der Waals surface area contributed by atoms with Crippen molar-refractivity contribution in [2.75, 3.05) is 13.1 Å². The van der Waals surface area contributed by atoms with Gasteiger partial charge in [0.2, 0.25) is 15.9 Å². The van der Waals surface area contributed by atoms with E-state index in [9.17, 15) is 13.2 Å². The Morgan fingerprint density at radius 3 is 2.45 bits per heavy atom. The number of sulfonamides is 1. The third-order valence-corrected chi connectivity index (χ3v) is 8.10. The lowest BCUT2D eigenvalue weighted by atomic mass is 9.79. The Kier molecular flexibility index (Phi) is 7.45. The topological polar surface area (TPSA) is 66.5 Å². The second kappa shape index (κ2) is 9.72. The Hall–Kier alpha value is -1.89. The van der Waals surface area contributed by atoms with E-state index in [0.717, 1.165) is 6.42 Å². The maximum atomic E-state index is 13.0. The molecule has 0 spiro atoms. The van der Waals surface area contributed by atoms with Crippen molar-refractivity contribution in [1.29, 1.82) is 0 Å². The molecule has 2 aromatic rings. The third-order valence-electron chi connectivity index (χ3n) is 5.97. The minimum absolute atomic E-state index is 0.0223. The molecule has 1 aliphatic rings. The zero-order chi connectivity index (χ0) is 22.6. The van der Waals surface area contributed by atoms with Crippen LogP contribution < -0.4 is 5.32 Å². The van der Waals surface area contributed by atoms with Crippen LogP contribution in [0.15, 0.2) is 59.5 Å². The Morgan fingerprint density at radius 2 is 1.81 bits per heavy atom. The van der Waals surface area contributed by atoms with Crippen LogP contribution in [-0.2, 0) is 20.2 Å². The summed E-state index contributed by atoms with van der Waals surface area (Å²) < 4.78 is 27.4. The average molecular weight is 463 g/mol. The van der Waals surface area contributed by atoms with Gasteiger partial charge in [-0.15, -0.1) is 0 Å². The highest BCUT2D eigenvalue weighted by molar-refractivity contribution is 7.89. The summed E-state index contributed by atoms with van der Waals surface area (Å²) in [6.45, 7) is 6.97. The van der Waals surface area contributed by atoms with E-state index in [4.69, 9.17) is 11.6 Å². The summed E-state index contributed by atoms with van der Waals surface area (Å²) in [6, 6.07) is 16.4.